The predicted molar refractivity (Wildman–Crippen MR) is 58.5 cm³/mol. The van der Waals surface area contributed by atoms with Crippen molar-refractivity contribution < 1.29 is 14.3 Å². The Kier molecular flexibility index (Phi) is 2.64. The van der Waals surface area contributed by atoms with E-state index < -0.39 is 5.97 Å². The van der Waals surface area contributed by atoms with E-state index in [1.165, 1.54) is 13.2 Å². The van der Waals surface area contributed by atoms with Crippen LogP contribution in [0.2, 0.25) is 0 Å². The van der Waals surface area contributed by atoms with E-state index in [0.717, 1.165) is 5.39 Å². The average Bonchev–Trinajstić information content (AvgIpc) is 2.36. The molecule has 0 aliphatic carbocycles. The molecule has 0 fully saturated rings. The van der Waals surface area contributed by atoms with Gasteiger partial charge in [-0.1, -0.05) is 6.07 Å². The molecule has 0 aliphatic rings. The van der Waals surface area contributed by atoms with Crippen molar-refractivity contribution in [3.63, 3.8) is 0 Å². The third-order valence-electron chi connectivity index (χ3n) is 2.27. The summed E-state index contributed by atoms with van der Waals surface area (Å²) in [6.45, 7) is 0. The van der Waals surface area contributed by atoms with E-state index in [1.807, 2.05) is 0 Å². The van der Waals surface area contributed by atoms with Crippen LogP contribution in [0.5, 0.6) is 0 Å². The molecular weight excluding hydrogens is 206 g/mol. The Bertz CT molecular complexity index is 563. The van der Waals surface area contributed by atoms with Gasteiger partial charge in [-0.25, -0.2) is 4.79 Å². The van der Waals surface area contributed by atoms with Gasteiger partial charge in [0.15, 0.2) is 0 Å². The van der Waals surface area contributed by atoms with Gasteiger partial charge in [-0.2, -0.15) is 0 Å². The summed E-state index contributed by atoms with van der Waals surface area (Å²) >= 11 is 0. The third-order valence-corrected chi connectivity index (χ3v) is 2.27. The highest BCUT2D eigenvalue weighted by molar-refractivity contribution is 6.04. The van der Waals surface area contributed by atoms with Crippen molar-refractivity contribution in [2.75, 3.05) is 7.11 Å². The van der Waals surface area contributed by atoms with Gasteiger partial charge in [0.1, 0.15) is 6.29 Å². The van der Waals surface area contributed by atoms with E-state index in [0.29, 0.717) is 22.9 Å². The monoisotopic (exact) mass is 215 g/mol. The molecule has 1 aromatic carbocycles. The number of carbonyl (C=O) groups is 2. The van der Waals surface area contributed by atoms with Gasteiger partial charge in [0.2, 0.25) is 0 Å². The number of rotatable bonds is 2. The van der Waals surface area contributed by atoms with Crippen LogP contribution in [-0.4, -0.2) is 24.3 Å². The largest absolute Gasteiger partial charge is 0.465 e. The zero-order valence-corrected chi connectivity index (χ0v) is 8.64. The van der Waals surface area contributed by atoms with Crippen LogP contribution in [0.15, 0.2) is 30.5 Å². The van der Waals surface area contributed by atoms with E-state index in [2.05, 4.69) is 9.72 Å². The van der Waals surface area contributed by atoms with Crippen LogP contribution in [0.3, 0.4) is 0 Å². The average molecular weight is 215 g/mol. The Morgan fingerprint density at radius 2 is 2.25 bits per heavy atom. The second-order valence-corrected chi connectivity index (χ2v) is 3.25. The highest BCUT2D eigenvalue weighted by Crippen LogP contribution is 2.18. The molecule has 0 amide bonds. The Balaban J connectivity index is 2.78. The summed E-state index contributed by atoms with van der Waals surface area (Å²) in [4.78, 5) is 26.4. The minimum Gasteiger partial charge on any atom is -0.465 e. The van der Waals surface area contributed by atoms with E-state index in [-0.39, 0.29) is 0 Å². The number of aldehydes is 1. The van der Waals surface area contributed by atoms with Gasteiger partial charge in [-0.3, -0.25) is 9.78 Å². The number of nitrogens with zero attached hydrogens (tertiary/aromatic N) is 1. The molecule has 80 valence electrons. The van der Waals surface area contributed by atoms with E-state index in [4.69, 9.17) is 0 Å². The van der Waals surface area contributed by atoms with Crippen molar-refractivity contribution in [2.24, 2.45) is 0 Å². The normalized spacial score (nSPS) is 10.1. The number of hydrogen-bond donors (Lipinski definition) is 0. The minimum atomic E-state index is -0.493. The molecule has 0 saturated heterocycles. The third kappa shape index (κ3) is 1.65. The molecule has 0 atom stereocenters. The van der Waals surface area contributed by atoms with Crippen LogP contribution in [-0.2, 0) is 4.74 Å². The zero-order valence-electron chi connectivity index (χ0n) is 8.64. The molecule has 16 heavy (non-hydrogen) atoms. The fourth-order valence-electron chi connectivity index (χ4n) is 1.55. The lowest BCUT2D eigenvalue weighted by atomic mass is 10.1. The summed E-state index contributed by atoms with van der Waals surface area (Å²) in [5, 5.41) is 0.743. The Hall–Kier alpha value is -2.23. The minimum absolute atomic E-state index is 0.308. The predicted octanol–water partition coefficient (Wildman–Crippen LogP) is 1.83. The number of pyridine rings is 1. The molecule has 0 N–H and O–H groups in total. The first kappa shape index (κ1) is 10.3. The van der Waals surface area contributed by atoms with Crippen molar-refractivity contribution in [1.82, 2.24) is 4.98 Å². The molecule has 0 unspecified atom stereocenters. The summed E-state index contributed by atoms with van der Waals surface area (Å²) in [5.74, 6) is -0.493. The van der Waals surface area contributed by atoms with Crippen molar-refractivity contribution >= 4 is 23.2 Å². The number of methoxy groups -OCH3 is 1. The van der Waals surface area contributed by atoms with Crippen molar-refractivity contribution in [3.05, 3.63) is 41.6 Å². The second-order valence-electron chi connectivity index (χ2n) is 3.25. The Labute approximate surface area is 91.9 Å². The fourth-order valence-corrected chi connectivity index (χ4v) is 1.55. The number of benzene rings is 1. The van der Waals surface area contributed by atoms with Crippen molar-refractivity contribution in [1.29, 1.82) is 0 Å². The summed E-state index contributed by atoms with van der Waals surface area (Å²) < 4.78 is 4.65. The van der Waals surface area contributed by atoms with E-state index >= 15 is 0 Å². The lowest BCUT2D eigenvalue weighted by molar-refractivity contribution is 0.0603. The van der Waals surface area contributed by atoms with Crippen LogP contribution in [0, 0.1) is 0 Å². The molecule has 0 spiro atoms. The molecule has 0 saturated carbocycles. The first-order valence-corrected chi connectivity index (χ1v) is 4.68. The summed E-state index contributed by atoms with van der Waals surface area (Å²) in [6.07, 6.45) is 2.29. The first-order chi connectivity index (χ1) is 7.76. The van der Waals surface area contributed by atoms with Gasteiger partial charge in [-0.05, 0) is 18.2 Å². The number of fused-ring (bicyclic) bond motifs is 1. The summed E-state index contributed by atoms with van der Waals surface area (Å²) in [6, 6.07) is 6.70. The topological polar surface area (TPSA) is 56.3 Å². The van der Waals surface area contributed by atoms with Gasteiger partial charge in [-0.15, -0.1) is 0 Å². The molecule has 0 aliphatic heterocycles. The lowest BCUT2D eigenvalue weighted by Gasteiger charge is -2.04. The first-order valence-electron chi connectivity index (χ1n) is 4.68. The van der Waals surface area contributed by atoms with Gasteiger partial charge in [0, 0.05) is 17.1 Å². The van der Waals surface area contributed by atoms with Crippen LogP contribution >= 0.6 is 0 Å². The molecule has 4 heteroatoms. The molecule has 0 bridgehead atoms. The summed E-state index contributed by atoms with van der Waals surface area (Å²) in [5.41, 5.74) is 1.28. The van der Waals surface area contributed by atoms with Gasteiger partial charge < -0.3 is 4.74 Å². The van der Waals surface area contributed by atoms with Crippen LogP contribution in [0.1, 0.15) is 20.7 Å². The Morgan fingerprint density at radius 3 is 2.94 bits per heavy atom. The second kappa shape index (κ2) is 4.10. The Morgan fingerprint density at radius 1 is 1.44 bits per heavy atom. The molecular formula is C12H9NO3. The standard InChI is InChI=1S/C12H9NO3/c1-16-12(15)10-6-8(7-14)5-9-3-2-4-13-11(9)10/h2-7H,1H3. The van der Waals surface area contributed by atoms with Crippen LogP contribution < -0.4 is 0 Å². The number of esters is 1. The van der Waals surface area contributed by atoms with Crippen LogP contribution in [0.4, 0.5) is 0 Å². The molecule has 1 aromatic heterocycles. The number of hydrogen-bond acceptors (Lipinski definition) is 4. The van der Waals surface area contributed by atoms with Gasteiger partial charge >= 0.3 is 5.97 Å². The van der Waals surface area contributed by atoms with Gasteiger partial charge in [0.05, 0.1) is 18.2 Å². The maximum absolute atomic E-state index is 11.5. The molecule has 4 nitrogen and oxygen atoms in total. The van der Waals surface area contributed by atoms with E-state index in [9.17, 15) is 9.59 Å². The SMILES string of the molecule is COC(=O)c1cc(C=O)cc2cccnc12. The summed E-state index contributed by atoms with van der Waals surface area (Å²) in [7, 11) is 1.30. The quantitative estimate of drug-likeness (QED) is 0.566. The van der Waals surface area contributed by atoms with Crippen LogP contribution in [0.25, 0.3) is 10.9 Å². The molecule has 1 heterocycles. The van der Waals surface area contributed by atoms with E-state index in [1.54, 1.807) is 24.4 Å². The van der Waals surface area contributed by atoms with Crippen molar-refractivity contribution in [3.8, 4) is 0 Å². The van der Waals surface area contributed by atoms with Gasteiger partial charge in [0.25, 0.3) is 0 Å². The highest BCUT2D eigenvalue weighted by atomic mass is 16.5. The maximum atomic E-state index is 11.5. The zero-order chi connectivity index (χ0) is 11.5. The highest BCUT2D eigenvalue weighted by Gasteiger charge is 2.12. The molecule has 2 rings (SSSR count). The smallest absolute Gasteiger partial charge is 0.340 e. The molecule has 0 radical (unpaired) electrons. The number of ether oxygens (including phenoxy) is 1. The van der Waals surface area contributed by atoms with Crippen molar-refractivity contribution in [2.45, 2.75) is 0 Å². The number of aromatic nitrogens is 1. The maximum Gasteiger partial charge on any atom is 0.340 e. The lowest BCUT2D eigenvalue weighted by Crippen LogP contribution is -2.04. The fraction of sp³-hybridized carbons (Fsp3) is 0.0833. The molecule has 2 aromatic rings. The number of carbonyl (C=O) groups excluding carboxylic acids is 2.